The van der Waals surface area contributed by atoms with E-state index in [0.717, 1.165) is 48.5 Å². The first kappa shape index (κ1) is 29.1. The van der Waals surface area contributed by atoms with Crippen LogP contribution in [0, 0.1) is 48.9 Å². The van der Waals surface area contributed by atoms with Gasteiger partial charge in [-0.25, -0.2) is 0 Å². The minimum Gasteiger partial charge on any atom is -0.0683 e. The van der Waals surface area contributed by atoms with Crippen LogP contribution in [0.1, 0.15) is 125 Å². The molecule has 0 aromatic heterocycles. The number of hydrogen-bond acceptors (Lipinski definition) is 1. The molecule has 192 valence electrons. The van der Waals surface area contributed by atoms with E-state index in [4.69, 9.17) is 4.74 Å². The van der Waals surface area contributed by atoms with Crippen LogP contribution in [-0.4, -0.2) is 12.2 Å². The molecule has 5 unspecified atom stereocenters. The number of fused-ring (bicyclic) bond motifs is 5. The smallest absolute Gasteiger partial charge is 0.0683 e. The minimum absolute atomic E-state index is 0.0419. The van der Waals surface area contributed by atoms with Crippen molar-refractivity contribution in [2.45, 2.75) is 131 Å². The molecule has 2 heteroatoms. The Balaban J connectivity index is 0.00000158. The zero-order valence-corrected chi connectivity index (χ0v) is 26.5. The molecule has 34 heavy (non-hydrogen) atoms. The Morgan fingerprint density at radius 1 is 1.03 bits per heavy atom. The fourth-order valence-corrected chi connectivity index (χ4v) is 10.1. The van der Waals surface area contributed by atoms with Gasteiger partial charge in [0, 0.05) is 6.61 Å². The first-order valence-electron chi connectivity index (χ1n) is 15.0. The van der Waals surface area contributed by atoms with Crippen LogP contribution < -0.4 is 0 Å². The van der Waals surface area contributed by atoms with Crippen LogP contribution in [-0.2, 0) is 35.0 Å². The Labute approximate surface area is 232 Å². The molecule has 0 saturated heterocycles. The van der Waals surface area contributed by atoms with E-state index in [0.29, 0.717) is 10.8 Å². The van der Waals surface area contributed by atoms with Gasteiger partial charge >= 0.3 is 164 Å². The fourth-order valence-electron chi connectivity index (χ4n) is 9.64. The van der Waals surface area contributed by atoms with Gasteiger partial charge < -0.3 is 4.74 Å². The third-order valence-electron chi connectivity index (χ3n) is 11.5. The first-order valence-corrected chi connectivity index (χ1v) is 16.5. The third-order valence-corrected chi connectivity index (χ3v) is 12.2. The SMILES string of the molecule is C=CC1(OCCC)CC[C@]2(C)C3CC[C@@]4(C)C(CC[C@@H]4C(C)CCC[C]#[Y])C3CC[C@H]2C1.CC. The molecule has 0 aromatic carbocycles. The van der Waals surface area contributed by atoms with Gasteiger partial charge in [-0.2, -0.15) is 0 Å². The van der Waals surface area contributed by atoms with E-state index >= 15 is 0 Å². The summed E-state index contributed by atoms with van der Waals surface area (Å²) < 4.78 is 9.93. The molecule has 0 aliphatic heterocycles. The molecule has 0 radical (unpaired) electrons. The van der Waals surface area contributed by atoms with Crippen molar-refractivity contribution in [2.75, 3.05) is 6.61 Å². The molecule has 0 bridgehead atoms. The van der Waals surface area contributed by atoms with E-state index in [1.165, 1.54) is 107 Å². The summed E-state index contributed by atoms with van der Waals surface area (Å²) in [5.74, 6) is 5.64. The van der Waals surface area contributed by atoms with Gasteiger partial charge in [-0.05, 0) is 19.3 Å². The van der Waals surface area contributed by atoms with Gasteiger partial charge in [0.25, 0.3) is 0 Å². The Hall–Kier alpha value is 0.584. The fraction of sp³-hybridized carbons (Fsp3) is 0.906. The Morgan fingerprint density at radius 2 is 1.76 bits per heavy atom. The van der Waals surface area contributed by atoms with Crippen molar-refractivity contribution in [3.05, 3.63) is 12.7 Å². The van der Waals surface area contributed by atoms with Crippen molar-refractivity contribution in [1.82, 2.24) is 0 Å². The molecule has 0 N–H and O–H groups in total. The second kappa shape index (κ2) is 12.4. The summed E-state index contributed by atoms with van der Waals surface area (Å²) >= 11 is 1.20. The molecule has 0 amide bonds. The maximum absolute atomic E-state index is 6.44. The predicted octanol–water partition coefficient (Wildman–Crippen LogP) is 9.34. The van der Waals surface area contributed by atoms with Crippen LogP contribution in [0.3, 0.4) is 0 Å². The van der Waals surface area contributed by atoms with E-state index in [1.54, 1.807) is 0 Å². The zero-order chi connectivity index (χ0) is 25.0. The first-order chi connectivity index (χ1) is 16.3. The molecule has 1 nitrogen and oxygen atoms in total. The van der Waals surface area contributed by atoms with Crippen LogP contribution in [0.2, 0.25) is 0 Å². The Bertz CT molecular complexity index is 710. The van der Waals surface area contributed by atoms with Crippen molar-refractivity contribution in [1.29, 1.82) is 0 Å². The van der Waals surface area contributed by atoms with Crippen LogP contribution in [0.4, 0.5) is 0 Å². The Morgan fingerprint density at radius 3 is 2.44 bits per heavy atom. The average molecular weight is 545 g/mol. The van der Waals surface area contributed by atoms with Crippen LogP contribution in [0.15, 0.2) is 12.7 Å². The maximum atomic E-state index is 6.44. The molecule has 0 aromatic rings. The zero-order valence-electron chi connectivity index (χ0n) is 23.6. The monoisotopic (exact) mass is 544 g/mol. The van der Waals surface area contributed by atoms with Gasteiger partial charge in [0.05, 0.1) is 5.60 Å². The Kier molecular flexibility index (Phi) is 10.6. The number of ether oxygens (including phenoxy) is 1. The molecular formula is C32H55OY. The molecule has 0 heterocycles. The van der Waals surface area contributed by atoms with Crippen LogP contribution in [0.5, 0.6) is 0 Å². The summed E-state index contributed by atoms with van der Waals surface area (Å²) in [7, 11) is 0. The molecule has 4 fully saturated rings. The van der Waals surface area contributed by atoms with E-state index < -0.39 is 0 Å². The van der Waals surface area contributed by atoms with E-state index in [1.807, 2.05) is 13.8 Å². The quantitative estimate of drug-likeness (QED) is 0.219. The summed E-state index contributed by atoms with van der Waals surface area (Å²) in [6, 6.07) is 0. The summed E-state index contributed by atoms with van der Waals surface area (Å²) in [6.07, 6.45) is 20.0. The van der Waals surface area contributed by atoms with E-state index in [2.05, 4.69) is 42.9 Å². The van der Waals surface area contributed by atoms with Crippen molar-refractivity contribution >= 4 is 0 Å². The van der Waals surface area contributed by atoms with Gasteiger partial charge in [0.15, 0.2) is 0 Å². The second-order valence-electron chi connectivity index (χ2n) is 12.8. The molecule has 0 spiro atoms. The molecule has 4 aliphatic carbocycles. The standard InChI is InChI=1S/C30H49O.C2H6.Y/c1-7-10-11-22(4)25-14-15-26-24-13-12-23-21-30(9-3,31-20-8-2)19-18-28(23,5)27(24)16-17-29(25,26)6;1-2;/h9,22-27H,3,7-8,10-21H2,2,4-6H3;1-2H3;/t22?,23-,24?,25+,26?,27?,28-,29+,30?;;/m0../s1. The van der Waals surface area contributed by atoms with E-state index in [9.17, 15) is 0 Å². The average Bonchev–Trinajstić information content (AvgIpc) is 3.21. The normalized spacial score (nSPS) is 43.9. The van der Waals surface area contributed by atoms with Gasteiger partial charge in [-0.15, -0.1) is 6.58 Å². The van der Waals surface area contributed by atoms with Crippen molar-refractivity contribution < 1.29 is 35.0 Å². The van der Waals surface area contributed by atoms with Crippen LogP contribution in [0.25, 0.3) is 0 Å². The van der Waals surface area contributed by atoms with Gasteiger partial charge in [0.2, 0.25) is 0 Å². The summed E-state index contributed by atoms with van der Waals surface area (Å²) in [5.41, 5.74) is 1.10. The molecule has 4 saturated carbocycles. The summed E-state index contributed by atoms with van der Waals surface area (Å²) in [6.45, 7) is 19.3. The van der Waals surface area contributed by atoms with Gasteiger partial charge in [-0.3, -0.25) is 0 Å². The second-order valence-corrected chi connectivity index (χ2v) is 13.8. The van der Waals surface area contributed by atoms with Crippen molar-refractivity contribution in [3.63, 3.8) is 0 Å². The van der Waals surface area contributed by atoms with Gasteiger partial charge in [0.1, 0.15) is 0 Å². The summed E-state index contributed by atoms with van der Waals surface area (Å²) in [5, 5.41) is 0. The molecular weight excluding hydrogens is 489 g/mol. The number of rotatable bonds is 8. The molecule has 4 aliphatic rings. The summed E-state index contributed by atoms with van der Waals surface area (Å²) in [4.78, 5) is 0. The molecule has 9 atom stereocenters. The minimum atomic E-state index is -0.0419. The third kappa shape index (κ3) is 5.40. The van der Waals surface area contributed by atoms with E-state index in [-0.39, 0.29) is 5.60 Å². The molecule has 4 rings (SSSR count). The van der Waals surface area contributed by atoms with Gasteiger partial charge in [-0.1, -0.05) is 26.8 Å². The number of unbranched alkanes of at least 4 members (excludes halogenated alkanes) is 1. The predicted molar refractivity (Wildman–Crippen MR) is 143 cm³/mol. The number of hydrogen-bond donors (Lipinski definition) is 0. The topological polar surface area (TPSA) is 9.23 Å². The van der Waals surface area contributed by atoms with Crippen molar-refractivity contribution in [2.24, 2.45) is 46.3 Å². The van der Waals surface area contributed by atoms with Crippen LogP contribution >= 0.6 is 0 Å². The van der Waals surface area contributed by atoms with Crippen molar-refractivity contribution in [3.8, 4) is 2.59 Å².